The van der Waals surface area contributed by atoms with Gasteiger partial charge in [0.15, 0.2) is 0 Å². The summed E-state index contributed by atoms with van der Waals surface area (Å²) in [4.78, 5) is 0. The summed E-state index contributed by atoms with van der Waals surface area (Å²) in [6, 6.07) is 0. The molecule has 0 aliphatic carbocycles. The lowest BCUT2D eigenvalue weighted by atomic mass is 10.1. The zero-order valence-electron chi connectivity index (χ0n) is 25.6. The summed E-state index contributed by atoms with van der Waals surface area (Å²) >= 11 is 0. The fraction of sp³-hybridized carbons (Fsp3) is 0.824. The molecule has 4 heteroatoms. The van der Waals surface area contributed by atoms with Crippen molar-refractivity contribution in [2.24, 2.45) is 0 Å². The summed E-state index contributed by atoms with van der Waals surface area (Å²) in [7, 11) is 0. The Kier molecular flexibility index (Phi) is 20.0. The van der Waals surface area contributed by atoms with Crippen molar-refractivity contribution in [2.45, 2.75) is 181 Å². The summed E-state index contributed by atoms with van der Waals surface area (Å²) in [6.45, 7) is 9.20. The van der Waals surface area contributed by atoms with Gasteiger partial charge in [-0.3, -0.25) is 0 Å². The third-order valence-electron chi connectivity index (χ3n) is 8.11. The van der Waals surface area contributed by atoms with E-state index >= 15 is 0 Å². The lowest BCUT2D eigenvalue weighted by molar-refractivity contribution is -0.697. The highest BCUT2D eigenvalue weighted by molar-refractivity contribution is 4.68. The van der Waals surface area contributed by atoms with Crippen molar-refractivity contribution < 1.29 is 9.13 Å². The Labute approximate surface area is 236 Å². The molecule has 0 fully saturated rings. The van der Waals surface area contributed by atoms with E-state index in [1.165, 1.54) is 154 Å². The fourth-order valence-electron chi connectivity index (χ4n) is 5.56. The van der Waals surface area contributed by atoms with Gasteiger partial charge in [0.2, 0.25) is 12.7 Å². The summed E-state index contributed by atoms with van der Waals surface area (Å²) in [5, 5.41) is 0. The van der Waals surface area contributed by atoms with Crippen LogP contribution in [0.15, 0.2) is 37.4 Å². The van der Waals surface area contributed by atoms with E-state index in [0.29, 0.717) is 0 Å². The van der Waals surface area contributed by atoms with Crippen LogP contribution in [0.3, 0.4) is 0 Å². The molecule has 0 aromatic carbocycles. The Hall–Kier alpha value is -1.58. The number of hydrogen-bond acceptors (Lipinski definition) is 0. The topological polar surface area (TPSA) is 17.6 Å². The summed E-state index contributed by atoms with van der Waals surface area (Å²) in [6.07, 6.45) is 44.3. The number of unbranched alkanes of at least 4 members (excludes halogenated alkanes) is 19. The van der Waals surface area contributed by atoms with Crippen LogP contribution in [0.4, 0.5) is 0 Å². The fourth-order valence-corrected chi connectivity index (χ4v) is 5.56. The van der Waals surface area contributed by atoms with E-state index in [2.05, 4.69) is 69.6 Å². The summed E-state index contributed by atoms with van der Waals surface area (Å²) in [5.41, 5.74) is 0. The predicted molar refractivity (Wildman–Crippen MR) is 162 cm³/mol. The molecule has 0 spiro atoms. The first-order valence-corrected chi connectivity index (χ1v) is 16.9. The van der Waals surface area contributed by atoms with E-state index in [9.17, 15) is 0 Å². The van der Waals surface area contributed by atoms with E-state index < -0.39 is 0 Å². The van der Waals surface area contributed by atoms with E-state index in [-0.39, 0.29) is 0 Å². The second-order valence-corrected chi connectivity index (χ2v) is 11.8. The van der Waals surface area contributed by atoms with Crippen LogP contribution in [-0.2, 0) is 26.2 Å². The van der Waals surface area contributed by atoms with Crippen LogP contribution in [0, 0.1) is 0 Å². The summed E-state index contributed by atoms with van der Waals surface area (Å²) < 4.78 is 9.51. The molecule has 0 aliphatic rings. The number of imidazole rings is 2. The van der Waals surface area contributed by atoms with Gasteiger partial charge in [-0.15, -0.1) is 0 Å². The van der Waals surface area contributed by atoms with Crippen LogP contribution < -0.4 is 9.13 Å². The SMILES string of the molecule is CCCCCCCCCCCC[n+]1ccn(CCCCn2cc[n+](CCCCCCCCCCCC)c2)c1. The number of aryl methyl sites for hydroxylation is 4. The first kappa shape index (κ1) is 32.6. The smallest absolute Gasteiger partial charge is 0.237 e. The lowest BCUT2D eigenvalue weighted by Gasteiger charge is -2.01. The molecule has 2 rings (SSSR count). The van der Waals surface area contributed by atoms with Crippen molar-refractivity contribution in [3.8, 4) is 0 Å². The molecular formula is C34H64N4+2. The Morgan fingerprint density at radius 3 is 1.05 bits per heavy atom. The number of nitrogens with zero attached hydrogens (tertiary/aromatic N) is 4. The molecule has 2 aromatic heterocycles. The maximum absolute atomic E-state index is 2.38. The van der Waals surface area contributed by atoms with E-state index in [0.717, 1.165) is 13.1 Å². The molecular weight excluding hydrogens is 464 g/mol. The number of rotatable bonds is 27. The minimum Gasteiger partial charge on any atom is -0.237 e. The summed E-state index contributed by atoms with van der Waals surface area (Å²) in [5.74, 6) is 0. The van der Waals surface area contributed by atoms with Crippen molar-refractivity contribution in [1.82, 2.24) is 9.13 Å². The van der Waals surface area contributed by atoms with Gasteiger partial charge in [-0.05, 0) is 38.5 Å². The Morgan fingerprint density at radius 2 is 0.711 bits per heavy atom. The van der Waals surface area contributed by atoms with Gasteiger partial charge in [-0.1, -0.05) is 117 Å². The molecule has 38 heavy (non-hydrogen) atoms. The highest BCUT2D eigenvalue weighted by Crippen LogP contribution is 2.11. The van der Waals surface area contributed by atoms with Crippen LogP contribution in [0.5, 0.6) is 0 Å². The van der Waals surface area contributed by atoms with Gasteiger partial charge in [0.1, 0.15) is 24.8 Å². The number of aromatic nitrogens is 4. The highest BCUT2D eigenvalue weighted by atomic mass is 15.1. The zero-order valence-corrected chi connectivity index (χ0v) is 25.6. The van der Waals surface area contributed by atoms with E-state index in [1.807, 2.05) is 0 Å². The second kappa shape index (κ2) is 23.3. The van der Waals surface area contributed by atoms with Crippen LogP contribution in [0.1, 0.15) is 155 Å². The molecule has 4 nitrogen and oxygen atoms in total. The molecule has 0 atom stereocenters. The van der Waals surface area contributed by atoms with Crippen LogP contribution in [0.25, 0.3) is 0 Å². The normalized spacial score (nSPS) is 11.5. The lowest BCUT2D eigenvalue weighted by Crippen LogP contribution is -2.31. The molecule has 0 radical (unpaired) electrons. The molecule has 0 unspecified atom stereocenters. The first-order chi connectivity index (χ1) is 18.8. The molecule has 0 saturated carbocycles. The second-order valence-electron chi connectivity index (χ2n) is 11.8. The van der Waals surface area contributed by atoms with Crippen LogP contribution in [0.2, 0.25) is 0 Å². The maximum Gasteiger partial charge on any atom is 0.243 e. The quantitative estimate of drug-likeness (QED) is 0.0812. The van der Waals surface area contributed by atoms with Crippen molar-refractivity contribution in [1.29, 1.82) is 0 Å². The highest BCUT2D eigenvalue weighted by Gasteiger charge is 2.06. The van der Waals surface area contributed by atoms with E-state index in [1.54, 1.807) is 0 Å². The van der Waals surface area contributed by atoms with Gasteiger partial charge in [0, 0.05) is 0 Å². The third kappa shape index (κ3) is 17.1. The Balaban J connectivity index is 1.42. The molecule has 0 amide bonds. The first-order valence-electron chi connectivity index (χ1n) is 16.9. The van der Waals surface area contributed by atoms with Crippen LogP contribution >= 0.6 is 0 Å². The van der Waals surface area contributed by atoms with Crippen molar-refractivity contribution in [2.75, 3.05) is 0 Å². The van der Waals surface area contributed by atoms with Crippen molar-refractivity contribution >= 4 is 0 Å². The van der Waals surface area contributed by atoms with Gasteiger partial charge >= 0.3 is 0 Å². The average molecular weight is 529 g/mol. The molecule has 2 aromatic rings. The largest absolute Gasteiger partial charge is 0.243 e. The third-order valence-corrected chi connectivity index (χ3v) is 8.11. The average Bonchev–Trinajstić information content (AvgIpc) is 3.58. The Morgan fingerprint density at radius 1 is 0.395 bits per heavy atom. The predicted octanol–water partition coefficient (Wildman–Crippen LogP) is 9.19. The van der Waals surface area contributed by atoms with Gasteiger partial charge in [-0.2, -0.15) is 0 Å². The van der Waals surface area contributed by atoms with E-state index in [4.69, 9.17) is 0 Å². The molecule has 0 saturated heterocycles. The minimum absolute atomic E-state index is 1.13. The molecule has 2 heterocycles. The monoisotopic (exact) mass is 529 g/mol. The molecule has 218 valence electrons. The minimum atomic E-state index is 1.13. The van der Waals surface area contributed by atoms with Gasteiger partial charge in [0.25, 0.3) is 0 Å². The maximum atomic E-state index is 2.38. The molecule has 0 N–H and O–H groups in total. The van der Waals surface area contributed by atoms with Gasteiger partial charge in [0.05, 0.1) is 26.2 Å². The Bertz CT molecular complexity index is 698. The standard InChI is InChI=1S/C34H64N4/c1-3-5-7-9-11-13-15-17-19-21-25-35-29-31-37(33-35)27-23-24-28-38-32-30-36(34-38)26-22-20-18-16-14-12-10-8-6-4-2/h29-34H,3-28H2,1-2H3/q+2. The molecule has 0 aliphatic heterocycles. The van der Waals surface area contributed by atoms with Crippen molar-refractivity contribution in [3.63, 3.8) is 0 Å². The van der Waals surface area contributed by atoms with Crippen LogP contribution in [-0.4, -0.2) is 9.13 Å². The zero-order chi connectivity index (χ0) is 26.9. The van der Waals surface area contributed by atoms with Crippen molar-refractivity contribution in [3.05, 3.63) is 37.4 Å². The number of hydrogen-bond donors (Lipinski definition) is 0. The van der Waals surface area contributed by atoms with Gasteiger partial charge < -0.3 is 0 Å². The van der Waals surface area contributed by atoms with Gasteiger partial charge in [-0.25, -0.2) is 18.3 Å². The molecule has 0 bridgehead atoms.